The molecule has 1 aliphatic carbocycles. The molecule has 2 heterocycles. The number of urea groups is 1. The number of pyridine rings is 1. The molecule has 0 spiro atoms. The summed E-state index contributed by atoms with van der Waals surface area (Å²) in [5, 5.41) is 18.0. The van der Waals surface area contributed by atoms with Crippen molar-refractivity contribution in [3.8, 4) is 6.07 Å². The molecule has 2 aliphatic rings. The number of carbonyl (C=O) groups excluding carboxylic acids is 1. The average molecular weight is 342 g/mol. The summed E-state index contributed by atoms with van der Waals surface area (Å²) in [4.78, 5) is 18.7. The average Bonchev–Trinajstić information content (AvgIpc) is 3.30. The summed E-state index contributed by atoms with van der Waals surface area (Å²) < 4.78 is 0. The van der Waals surface area contributed by atoms with Gasteiger partial charge >= 0.3 is 6.03 Å². The SMILES string of the molecule is N#Cc1cccnc1NCCNC(=O)N[C@H]1CCN(C2CCCC2)C1. The lowest BCUT2D eigenvalue weighted by Gasteiger charge is -2.23. The first-order valence-electron chi connectivity index (χ1n) is 9.13. The van der Waals surface area contributed by atoms with Gasteiger partial charge in [-0.05, 0) is 31.4 Å². The van der Waals surface area contributed by atoms with Gasteiger partial charge in [-0.3, -0.25) is 4.90 Å². The summed E-state index contributed by atoms with van der Waals surface area (Å²) in [7, 11) is 0. The Labute approximate surface area is 148 Å². The van der Waals surface area contributed by atoms with Crippen LogP contribution in [0.15, 0.2) is 18.3 Å². The second-order valence-electron chi connectivity index (χ2n) is 6.76. The van der Waals surface area contributed by atoms with Gasteiger partial charge in [0.25, 0.3) is 0 Å². The highest BCUT2D eigenvalue weighted by atomic mass is 16.2. The molecule has 0 unspecified atom stereocenters. The molecule has 1 saturated carbocycles. The number of nitriles is 1. The van der Waals surface area contributed by atoms with Gasteiger partial charge in [0, 0.05) is 44.5 Å². The largest absolute Gasteiger partial charge is 0.367 e. The molecule has 3 rings (SSSR count). The molecule has 1 aliphatic heterocycles. The Bertz CT molecular complexity index is 622. The first-order chi connectivity index (χ1) is 12.3. The number of amides is 2. The minimum atomic E-state index is -0.124. The standard InChI is InChI=1S/C18H26N6O/c19-12-14-4-3-8-20-17(14)21-9-10-22-18(25)23-15-7-11-24(13-15)16-5-1-2-6-16/h3-4,8,15-16H,1-2,5-7,9-11,13H2,(H,20,21)(H2,22,23,25)/t15-/m0/s1. The zero-order valence-corrected chi connectivity index (χ0v) is 14.5. The number of rotatable bonds is 6. The van der Waals surface area contributed by atoms with Crippen molar-refractivity contribution in [3.05, 3.63) is 23.9 Å². The van der Waals surface area contributed by atoms with E-state index >= 15 is 0 Å². The number of nitrogens with zero attached hydrogens (tertiary/aromatic N) is 3. The van der Waals surface area contributed by atoms with Crippen LogP contribution in [0.25, 0.3) is 0 Å². The Morgan fingerprint density at radius 1 is 1.32 bits per heavy atom. The highest BCUT2D eigenvalue weighted by Crippen LogP contribution is 2.26. The van der Waals surface area contributed by atoms with Crippen LogP contribution in [-0.2, 0) is 0 Å². The molecule has 134 valence electrons. The third-order valence-corrected chi connectivity index (χ3v) is 5.03. The third kappa shape index (κ3) is 4.83. The minimum Gasteiger partial charge on any atom is -0.367 e. The summed E-state index contributed by atoms with van der Waals surface area (Å²) in [6.45, 7) is 3.06. The molecule has 1 aromatic heterocycles. The Kier molecular flexibility index (Phi) is 6.07. The van der Waals surface area contributed by atoms with Crippen LogP contribution in [0.2, 0.25) is 0 Å². The van der Waals surface area contributed by atoms with Gasteiger partial charge in [-0.15, -0.1) is 0 Å². The zero-order valence-electron chi connectivity index (χ0n) is 14.5. The monoisotopic (exact) mass is 342 g/mol. The maximum atomic E-state index is 12.0. The fourth-order valence-electron chi connectivity index (χ4n) is 3.74. The fraction of sp³-hybridized carbons (Fsp3) is 0.611. The molecule has 7 nitrogen and oxygen atoms in total. The minimum absolute atomic E-state index is 0.124. The van der Waals surface area contributed by atoms with E-state index in [9.17, 15) is 4.79 Å². The van der Waals surface area contributed by atoms with Gasteiger partial charge in [0.15, 0.2) is 0 Å². The van der Waals surface area contributed by atoms with E-state index in [4.69, 9.17) is 5.26 Å². The summed E-state index contributed by atoms with van der Waals surface area (Å²) in [5.41, 5.74) is 0.505. The van der Waals surface area contributed by atoms with Crippen LogP contribution >= 0.6 is 0 Å². The van der Waals surface area contributed by atoms with Crippen molar-refractivity contribution in [1.29, 1.82) is 5.26 Å². The molecule has 2 amide bonds. The first kappa shape index (κ1) is 17.5. The van der Waals surface area contributed by atoms with Gasteiger partial charge < -0.3 is 16.0 Å². The van der Waals surface area contributed by atoms with Crippen LogP contribution in [0.4, 0.5) is 10.6 Å². The lowest BCUT2D eigenvalue weighted by atomic mass is 10.2. The number of likely N-dealkylation sites (tertiary alicyclic amines) is 1. The highest BCUT2D eigenvalue weighted by Gasteiger charge is 2.30. The molecule has 0 radical (unpaired) electrons. The number of hydrogen-bond donors (Lipinski definition) is 3. The second kappa shape index (κ2) is 8.67. The number of nitrogens with one attached hydrogen (secondary N) is 3. The van der Waals surface area contributed by atoms with Crippen LogP contribution < -0.4 is 16.0 Å². The number of aromatic nitrogens is 1. The van der Waals surface area contributed by atoms with Crippen molar-refractivity contribution in [2.75, 3.05) is 31.5 Å². The number of hydrogen-bond acceptors (Lipinski definition) is 5. The molecule has 2 fully saturated rings. The molecular weight excluding hydrogens is 316 g/mol. The van der Waals surface area contributed by atoms with Crippen LogP contribution in [0.5, 0.6) is 0 Å². The molecule has 1 saturated heterocycles. The van der Waals surface area contributed by atoms with E-state index in [1.807, 2.05) is 0 Å². The van der Waals surface area contributed by atoms with E-state index in [1.165, 1.54) is 25.7 Å². The van der Waals surface area contributed by atoms with E-state index in [2.05, 4.69) is 31.9 Å². The maximum Gasteiger partial charge on any atom is 0.315 e. The zero-order chi connectivity index (χ0) is 17.5. The van der Waals surface area contributed by atoms with Gasteiger partial charge in [0.05, 0.1) is 5.56 Å². The van der Waals surface area contributed by atoms with Gasteiger partial charge in [0.2, 0.25) is 0 Å². The smallest absolute Gasteiger partial charge is 0.315 e. The van der Waals surface area contributed by atoms with Gasteiger partial charge in [-0.1, -0.05) is 12.8 Å². The van der Waals surface area contributed by atoms with Crippen molar-refractivity contribution in [2.24, 2.45) is 0 Å². The molecule has 25 heavy (non-hydrogen) atoms. The predicted octanol–water partition coefficient (Wildman–Crippen LogP) is 1.68. The van der Waals surface area contributed by atoms with Crippen LogP contribution in [0.3, 0.4) is 0 Å². The van der Waals surface area contributed by atoms with Crippen molar-refractivity contribution < 1.29 is 4.79 Å². The van der Waals surface area contributed by atoms with Crippen molar-refractivity contribution in [1.82, 2.24) is 20.5 Å². The number of carbonyl (C=O) groups is 1. The Balaban J connectivity index is 1.33. The topological polar surface area (TPSA) is 93.1 Å². The van der Waals surface area contributed by atoms with Crippen molar-refractivity contribution in [3.63, 3.8) is 0 Å². The molecular formula is C18H26N6O. The molecule has 1 atom stereocenters. The first-order valence-corrected chi connectivity index (χ1v) is 9.13. The lowest BCUT2D eigenvalue weighted by Crippen LogP contribution is -2.45. The summed E-state index contributed by atoms with van der Waals surface area (Å²) in [6.07, 6.45) is 7.97. The van der Waals surface area contributed by atoms with Crippen molar-refractivity contribution in [2.45, 2.75) is 44.2 Å². The normalized spacial score (nSPS) is 21.0. The Morgan fingerprint density at radius 2 is 2.16 bits per heavy atom. The molecule has 7 heteroatoms. The summed E-state index contributed by atoms with van der Waals surface area (Å²) >= 11 is 0. The molecule has 0 bridgehead atoms. The molecule has 1 aromatic rings. The summed E-state index contributed by atoms with van der Waals surface area (Å²) in [5.74, 6) is 0.551. The van der Waals surface area contributed by atoms with E-state index in [-0.39, 0.29) is 12.1 Å². The second-order valence-corrected chi connectivity index (χ2v) is 6.76. The van der Waals surface area contributed by atoms with Gasteiger partial charge in [0.1, 0.15) is 11.9 Å². The Morgan fingerprint density at radius 3 is 2.96 bits per heavy atom. The lowest BCUT2D eigenvalue weighted by molar-refractivity contribution is 0.228. The highest BCUT2D eigenvalue weighted by molar-refractivity contribution is 5.74. The van der Waals surface area contributed by atoms with E-state index in [1.54, 1.807) is 18.3 Å². The van der Waals surface area contributed by atoms with Crippen LogP contribution in [0.1, 0.15) is 37.7 Å². The predicted molar refractivity (Wildman–Crippen MR) is 96.2 cm³/mol. The number of anilines is 1. The Hall–Kier alpha value is -2.33. The maximum absolute atomic E-state index is 12.0. The summed E-state index contributed by atoms with van der Waals surface area (Å²) in [6, 6.07) is 6.38. The van der Waals surface area contributed by atoms with Crippen LogP contribution in [0, 0.1) is 11.3 Å². The van der Waals surface area contributed by atoms with Gasteiger partial charge in [-0.2, -0.15) is 5.26 Å². The van der Waals surface area contributed by atoms with E-state index in [0.717, 1.165) is 25.6 Å². The van der Waals surface area contributed by atoms with E-state index < -0.39 is 0 Å². The van der Waals surface area contributed by atoms with Gasteiger partial charge in [-0.25, -0.2) is 9.78 Å². The van der Waals surface area contributed by atoms with E-state index in [0.29, 0.717) is 24.5 Å². The van der Waals surface area contributed by atoms with Crippen LogP contribution in [-0.4, -0.2) is 54.2 Å². The third-order valence-electron chi connectivity index (χ3n) is 5.03. The van der Waals surface area contributed by atoms with Crippen molar-refractivity contribution >= 4 is 11.8 Å². The fourth-order valence-corrected chi connectivity index (χ4v) is 3.74. The molecule has 3 N–H and O–H groups in total. The quantitative estimate of drug-likeness (QED) is 0.684. The molecule has 0 aromatic carbocycles.